The van der Waals surface area contributed by atoms with E-state index in [4.69, 9.17) is 0 Å². The lowest BCUT2D eigenvalue weighted by Crippen LogP contribution is -2.60. The first kappa shape index (κ1) is 21.6. The zero-order valence-corrected chi connectivity index (χ0v) is 18.5. The summed E-state index contributed by atoms with van der Waals surface area (Å²) >= 11 is 0. The summed E-state index contributed by atoms with van der Waals surface area (Å²) in [4.78, 5) is 27.5. The fraction of sp³-hybridized carbons (Fsp3) is 0.462. The van der Waals surface area contributed by atoms with Crippen molar-refractivity contribution in [3.63, 3.8) is 0 Å². The van der Waals surface area contributed by atoms with Gasteiger partial charge in [0.05, 0.1) is 0 Å². The largest absolute Gasteiger partial charge is 0.332 e. The van der Waals surface area contributed by atoms with Crippen LogP contribution in [0.25, 0.3) is 0 Å². The lowest BCUT2D eigenvalue weighted by atomic mass is 9.72. The van der Waals surface area contributed by atoms with E-state index in [0.29, 0.717) is 12.5 Å². The van der Waals surface area contributed by atoms with Gasteiger partial charge in [-0.3, -0.25) is 15.0 Å². The highest BCUT2D eigenvalue weighted by atomic mass is 16.2. The van der Waals surface area contributed by atoms with Gasteiger partial charge in [0.25, 0.3) is 5.91 Å². The third kappa shape index (κ3) is 4.99. The standard InChI is InChI=1S/C26H33N3O2/c1-18(2)29(17-19-9-4-3-5-10-19)26(31)21-12-8-11-20(15-21)16-24-22-13-6-7-14-23(22)25(30)28-27-24/h3-5,8-12,15,18,22-24,27H,6-7,13-14,16-17H2,1-2H3,(H,28,30). The molecule has 1 saturated heterocycles. The van der Waals surface area contributed by atoms with Crippen LogP contribution in [0.15, 0.2) is 54.6 Å². The number of carbonyl (C=O) groups excluding carboxylic acids is 2. The van der Waals surface area contributed by atoms with E-state index in [-0.39, 0.29) is 29.8 Å². The normalized spacial score (nSPS) is 23.2. The maximum Gasteiger partial charge on any atom is 0.254 e. The number of carbonyl (C=O) groups is 2. The predicted octanol–water partition coefficient (Wildman–Crippen LogP) is 4.09. The number of hydrogen-bond acceptors (Lipinski definition) is 3. The van der Waals surface area contributed by atoms with Gasteiger partial charge in [-0.05, 0) is 62.3 Å². The lowest BCUT2D eigenvalue weighted by molar-refractivity contribution is -0.133. The molecule has 1 aliphatic carbocycles. The van der Waals surface area contributed by atoms with Gasteiger partial charge in [-0.15, -0.1) is 0 Å². The minimum absolute atomic E-state index is 0.0566. The Morgan fingerprint density at radius 1 is 1.03 bits per heavy atom. The molecule has 3 unspecified atom stereocenters. The molecule has 0 radical (unpaired) electrons. The van der Waals surface area contributed by atoms with Gasteiger partial charge >= 0.3 is 0 Å². The second-order valence-corrected chi connectivity index (χ2v) is 9.21. The molecule has 2 aromatic carbocycles. The van der Waals surface area contributed by atoms with Crippen molar-refractivity contribution >= 4 is 11.8 Å². The highest BCUT2D eigenvalue weighted by Crippen LogP contribution is 2.35. The summed E-state index contributed by atoms with van der Waals surface area (Å²) in [5, 5.41) is 0. The summed E-state index contributed by atoms with van der Waals surface area (Å²) in [5.41, 5.74) is 9.12. The van der Waals surface area contributed by atoms with Gasteiger partial charge in [-0.25, -0.2) is 5.43 Å². The Balaban J connectivity index is 1.49. The summed E-state index contributed by atoms with van der Waals surface area (Å²) in [7, 11) is 0. The molecule has 2 N–H and O–H groups in total. The van der Waals surface area contributed by atoms with Gasteiger partial charge in [0.1, 0.15) is 0 Å². The van der Waals surface area contributed by atoms with Crippen molar-refractivity contribution < 1.29 is 9.59 Å². The first-order valence-electron chi connectivity index (χ1n) is 11.5. The second kappa shape index (κ2) is 9.65. The van der Waals surface area contributed by atoms with Crippen molar-refractivity contribution in [3.05, 3.63) is 71.3 Å². The number of hydrogen-bond donors (Lipinski definition) is 2. The summed E-state index contributed by atoms with van der Waals surface area (Å²) in [6, 6.07) is 18.4. The Morgan fingerprint density at radius 2 is 1.77 bits per heavy atom. The molecule has 4 rings (SSSR count). The third-order valence-electron chi connectivity index (χ3n) is 6.76. The van der Waals surface area contributed by atoms with Crippen molar-refractivity contribution in [1.29, 1.82) is 0 Å². The van der Waals surface area contributed by atoms with E-state index in [1.54, 1.807) is 0 Å². The average Bonchev–Trinajstić information content (AvgIpc) is 2.80. The lowest BCUT2D eigenvalue weighted by Gasteiger charge is -2.41. The van der Waals surface area contributed by atoms with Crippen LogP contribution >= 0.6 is 0 Å². The van der Waals surface area contributed by atoms with Crippen LogP contribution in [0.1, 0.15) is 61.0 Å². The van der Waals surface area contributed by atoms with Crippen LogP contribution in [0.4, 0.5) is 0 Å². The zero-order chi connectivity index (χ0) is 21.8. The molecular formula is C26H33N3O2. The van der Waals surface area contributed by atoms with Gasteiger partial charge in [-0.1, -0.05) is 55.3 Å². The Bertz CT molecular complexity index is 912. The second-order valence-electron chi connectivity index (χ2n) is 9.21. The molecule has 2 aromatic rings. The number of nitrogens with one attached hydrogen (secondary N) is 2. The summed E-state index contributed by atoms with van der Waals surface area (Å²) in [5.74, 6) is 0.679. The molecule has 2 aliphatic rings. The van der Waals surface area contributed by atoms with E-state index in [9.17, 15) is 9.59 Å². The Labute approximate surface area is 185 Å². The molecule has 164 valence electrons. The summed E-state index contributed by atoms with van der Waals surface area (Å²) in [6.45, 7) is 4.71. The highest BCUT2D eigenvalue weighted by molar-refractivity contribution is 5.94. The molecule has 1 saturated carbocycles. The predicted molar refractivity (Wildman–Crippen MR) is 122 cm³/mol. The number of fused-ring (bicyclic) bond motifs is 1. The SMILES string of the molecule is CC(C)N(Cc1ccccc1)C(=O)c1cccc(CC2NNC(=O)C3CCCCC23)c1. The molecule has 31 heavy (non-hydrogen) atoms. The minimum Gasteiger partial charge on any atom is -0.332 e. The first-order chi connectivity index (χ1) is 15.0. The molecule has 5 heteroatoms. The van der Waals surface area contributed by atoms with E-state index in [1.165, 1.54) is 6.42 Å². The van der Waals surface area contributed by atoms with Crippen molar-refractivity contribution in [1.82, 2.24) is 15.8 Å². The topological polar surface area (TPSA) is 61.4 Å². The number of nitrogens with zero attached hydrogens (tertiary/aromatic N) is 1. The molecule has 3 atom stereocenters. The van der Waals surface area contributed by atoms with Gasteiger partial charge in [0, 0.05) is 30.1 Å². The van der Waals surface area contributed by atoms with Gasteiger partial charge < -0.3 is 4.90 Å². The summed E-state index contributed by atoms with van der Waals surface area (Å²) < 4.78 is 0. The molecule has 2 amide bonds. The van der Waals surface area contributed by atoms with E-state index in [0.717, 1.165) is 42.4 Å². The molecule has 0 spiro atoms. The molecule has 5 nitrogen and oxygen atoms in total. The smallest absolute Gasteiger partial charge is 0.254 e. The molecule has 1 heterocycles. The third-order valence-corrected chi connectivity index (χ3v) is 6.76. The zero-order valence-electron chi connectivity index (χ0n) is 18.5. The van der Waals surface area contributed by atoms with Crippen molar-refractivity contribution in [2.24, 2.45) is 11.8 Å². The quantitative estimate of drug-likeness (QED) is 0.741. The Morgan fingerprint density at radius 3 is 2.55 bits per heavy atom. The molecule has 0 aromatic heterocycles. The monoisotopic (exact) mass is 419 g/mol. The van der Waals surface area contributed by atoms with Gasteiger partial charge in [0.2, 0.25) is 5.91 Å². The van der Waals surface area contributed by atoms with Crippen LogP contribution in [0, 0.1) is 11.8 Å². The van der Waals surface area contributed by atoms with Crippen LogP contribution in [-0.4, -0.2) is 28.8 Å². The van der Waals surface area contributed by atoms with E-state index < -0.39 is 0 Å². The number of benzene rings is 2. The van der Waals surface area contributed by atoms with Crippen LogP contribution < -0.4 is 10.9 Å². The number of amides is 2. The maximum atomic E-state index is 13.4. The number of hydrazine groups is 1. The molecule has 0 bridgehead atoms. The van der Waals surface area contributed by atoms with Crippen LogP contribution in [0.2, 0.25) is 0 Å². The first-order valence-corrected chi connectivity index (χ1v) is 11.5. The number of rotatable bonds is 6. The van der Waals surface area contributed by atoms with Crippen molar-refractivity contribution in [3.8, 4) is 0 Å². The average molecular weight is 420 g/mol. The van der Waals surface area contributed by atoms with Crippen molar-refractivity contribution in [2.45, 2.75) is 64.6 Å². The molecule has 2 fully saturated rings. The van der Waals surface area contributed by atoms with Gasteiger partial charge in [0.15, 0.2) is 0 Å². The fourth-order valence-corrected chi connectivity index (χ4v) is 5.05. The van der Waals surface area contributed by atoms with Crippen LogP contribution in [0.3, 0.4) is 0 Å². The Kier molecular flexibility index (Phi) is 6.71. The minimum atomic E-state index is 0.0566. The summed E-state index contributed by atoms with van der Waals surface area (Å²) in [6.07, 6.45) is 5.21. The van der Waals surface area contributed by atoms with Crippen molar-refractivity contribution in [2.75, 3.05) is 0 Å². The van der Waals surface area contributed by atoms with Gasteiger partial charge in [-0.2, -0.15) is 0 Å². The highest BCUT2D eigenvalue weighted by Gasteiger charge is 2.39. The van der Waals surface area contributed by atoms with E-state index in [1.807, 2.05) is 41.3 Å². The molecule has 1 aliphatic heterocycles. The molecular weight excluding hydrogens is 386 g/mol. The van der Waals surface area contributed by atoms with E-state index in [2.05, 4.69) is 42.9 Å². The van der Waals surface area contributed by atoms with E-state index >= 15 is 0 Å². The van der Waals surface area contributed by atoms with Crippen LogP contribution in [-0.2, 0) is 17.8 Å². The van der Waals surface area contributed by atoms with Crippen LogP contribution in [0.5, 0.6) is 0 Å². The maximum absolute atomic E-state index is 13.4. The Hall–Kier alpha value is -2.66. The fourth-order valence-electron chi connectivity index (χ4n) is 5.05.